The number of hydrogen-bond donors (Lipinski definition) is 2. The maximum absolute atomic E-state index is 11.5. The third-order valence-corrected chi connectivity index (χ3v) is 4.27. The minimum atomic E-state index is -1.02. The summed E-state index contributed by atoms with van der Waals surface area (Å²) < 4.78 is 10.3. The van der Waals surface area contributed by atoms with Crippen LogP contribution < -0.4 is 5.32 Å². The first-order valence-corrected chi connectivity index (χ1v) is 7.53. The Hall–Kier alpha value is -1.33. The highest BCUT2D eigenvalue weighted by Crippen LogP contribution is 2.27. The standard InChI is InChI=1S/C16H25NO4/c1-11-4-9-14(21-11)16(2,19)10-17-13-7-5-12(6-8-13)15(18)20-3/h4,9,12-13,17,19H,5-8,10H2,1-3H3/t12?,13?,16-/m1/s1. The number of nitrogens with one attached hydrogen (secondary N) is 1. The van der Waals surface area contributed by atoms with Gasteiger partial charge in [0.2, 0.25) is 0 Å². The Labute approximate surface area is 125 Å². The van der Waals surface area contributed by atoms with Crippen LogP contribution in [0.25, 0.3) is 0 Å². The van der Waals surface area contributed by atoms with Crippen LogP contribution in [0.15, 0.2) is 16.5 Å². The number of hydrogen-bond acceptors (Lipinski definition) is 5. The number of rotatable bonds is 5. The summed E-state index contributed by atoms with van der Waals surface area (Å²) in [6.45, 7) is 4.05. The molecule has 1 atom stereocenters. The van der Waals surface area contributed by atoms with Gasteiger partial charge in [-0.1, -0.05) is 0 Å². The van der Waals surface area contributed by atoms with Crippen molar-refractivity contribution in [3.05, 3.63) is 23.7 Å². The normalized spacial score (nSPS) is 25.3. The monoisotopic (exact) mass is 295 g/mol. The molecule has 0 aliphatic heterocycles. The minimum absolute atomic E-state index is 0.0290. The van der Waals surface area contributed by atoms with E-state index in [1.807, 2.05) is 19.1 Å². The molecule has 1 heterocycles. The van der Waals surface area contributed by atoms with Gasteiger partial charge in [0.1, 0.15) is 17.1 Å². The molecule has 0 aromatic carbocycles. The molecule has 1 aromatic heterocycles. The molecule has 0 radical (unpaired) electrons. The van der Waals surface area contributed by atoms with E-state index in [9.17, 15) is 9.90 Å². The summed E-state index contributed by atoms with van der Waals surface area (Å²) in [5.41, 5.74) is -1.02. The Morgan fingerprint density at radius 1 is 1.43 bits per heavy atom. The molecule has 0 amide bonds. The first-order chi connectivity index (χ1) is 9.92. The molecule has 5 nitrogen and oxygen atoms in total. The molecular weight excluding hydrogens is 270 g/mol. The highest BCUT2D eigenvalue weighted by Gasteiger charge is 2.30. The Bertz CT molecular complexity index is 472. The van der Waals surface area contributed by atoms with Crippen LogP contribution in [-0.2, 0) is 15.1 Å². The van der Waals surface area contributed by atoms with Gasteiger partial charge in [-0.3, -0.25) is 4.79 Å². The van der Waals surface area contributed by atoms with E-state index in [1.165, 1.54) is 7.11 Å². The fourth-order valence-corrected chi connectivity index (χ4v) is 2.85. The SMILES string of the molecule is COC(=O)C1CCC(NC[C@@](C)(O)c2ccc(C)o2)CC1. The van der Waals surface area contributed by atoms with Gasteiger partial charge in [0.05, 0.1) is 13.0 Å². The third-order valence-electron chi connectivity index (χ3n) is 4.27. The molecule has 0 saturated heterocycles. The second kappa shape index (κ2) is 6.62. The highest BCUT2D eigenvalue weighted by molar-refractivity contribution is 5.72. The number of ether oxygens (including phenoxy) is 1. The van der Waals surface area contributed by atoms with Crippen LogP contribution >= 0.6 is 0 Å². The number of carbonyl (C=O) groups excluding carboxylic acids is 1. The fourth-order valence-electron chi connectivity index (χ4n) is 2.85. The van der Waals surface area contributed by atoms with Crippen LogP contribution in [0.3, 0.4) is 0 Å². The second-order valence-corrected chi connectivity index (χ2v) is 6.14. The van der Waals surface area contributed by atoms with E-state index in [0.717, 1.165) is 31.4 Å². The molecule has 1 aliphatic carbocycles. The quantitative estimate of drug-likeness (QED) is 0.814. The van der Waals surface area contributed by atoms with Crippen molar-refractivity contribution in [2.45, 2.75) is 51.2 Å². The van der Waals surface area contributed by atoms with Crippen LogP contribution in [0, 0.1) is 12.8 Å². The van der Waals surface area contributed by atoms with Gasteiger partial charge in [0, 0.05) is 12.6 Å². The summed E-state index contributed by atoms with van der Waals surface area (Å²) in [7, 11) is 1.44. The van der Waals surface area contributed by atoms with Gasteiger partial charge in [-0.15, -0.1) is 0 Å². The van der Waals surface area contributed by atoms with Crippen LogP contribution in [0.5, 0.6) is 0 Å². The number of furan rings is 1. The Kier molecular flexibility index (Phi) is 5.06. The molecule has 0 bridgehead atoms. The second-order valence-electron chi connectivity index (χ2n) is 6.14. The first kappa shape index (κ1) is 16.0. The van der Waals surface area contributed by atoms with Crippen molar-refractivity contribution < 1.29 is 19.1 Å². The van der Waals surface area contributed by atoms with Crippen molar-refractivity contribution in [2.24, 2.45) is 5.92 Å². The van der Waals surface area contributed by atoms with Gasteiger partial charge < -0.3 is 19.6 Å². The molecule has 0 spiro atoms. The van der Waals surface area contributed by atoms with E-state index < -0.39 is 5.60 Å². The Morgan fingerprint density at radius 2 is 2.10 bits per heavy atom. The molecule has 5 heteroatoms. The molecule has 2 N–H and O–H groups in total. The molecule has 118 valence electrons. The lowest BCUT2D eigenvalue weighted by molar-refractivity contribution is -0.146. The van der Waals surface area contributed by atoms with Crippen LogP contribution in [0.4, 0.5) is 0 Å². The highest BCUT2D eigenvalue weighted by atomic mass is 16.5. The van der Waals surface area contributed by atoms with Gasteiger partial charge in [0.15, 0.2) is 0 Å². The zero-order valence-corrected chi connectivity index (χ0v) is 13.0. The van der Waals surface area contributed by atoms with Gasteiger partial charge in [-0.25, -0.2) is 0 Å². The van der Waals surface area contributed by atoms with Crippen LogP contribution in [0.1, 0.15) is 44.1 Å². The van der Waals surface area contributed by atoms with Gasteiger partial charge in [0.25, 0.3) is 0 Å². The van der Waals surface area contributed by atoms with E-state index in [-0.39, 0.29) is 11.9 Å². The van der Waals surface area contributed by atoms with Crippen molar-refractivity contribution in [3.8, 4) is 0 Å². The predicted octanol–water partition coefficient (Wildman–Crippen LogP) is 2.12. The number of esters is 1. The smallest absolute Gasteiger partial charge is 0.308 e. The van der Waals surface area contributed by atoms with Crippen molar-refractivity contribution in [1.29, 1.82) is 0 Å². The Balaban J connectivity index is 1.80. The predicted molar refractivity (Wildman–Crippen MR) is 78.8 cm³/mol. The number of aryl methyl sites for hydroxylation is 1. The lowest BCUT2D eigenvalue weighted by Crippen LogP contribution is -2.42. The maximum Gasteiger partial charge on any atom is 0.308 e. The molecule has 1 aliphatic rings. The van der Waals surface area contributed by atoms with Crippen molar-refractivity contribution in [2.75, 3.05) is 13.7 Å². The van der Waals surface area contributed by atoms with E-state index >= 15 is 0 Å². The Morgan fingerprint density at radius 3 is 2.62 bits per heavy atom. The minimum Gasteiger partial charge on any atom is -0.469 e. The van der Waals surface area contributed by atoms with Crippen molar-refractivity contribution >= 4 is 5.97 Å². The van der Waals surface area contributed by atoms with Gasteiger partial charge in [-0.05, 0) is 51.7 Å². The average Bonchev–Trinajstić information content (AvgIpc) is 2.92. The number of carbonyl (C=O) groups is 1. The molecule has 1 fully saturated rings. The summed E-state index contributed by atoms with van der Waals surface area (Å²) >= 11 is 0. The topological polar surface area (TPSA) is 71.7 Å². The number of aliphatic hydroxyl groups is 1. The summed E-state index contributed by atoms with van der Waals surface area (Å²) in [6.07, 6.45) is 3.53. The molecular formula is C16H25NO4. The third kappa shape index (κ3) is 4.08. The zero-order valence-electron chi connectivity index (χ0n) is 13.0. The molecule has 21 heavy (non-hydrogen) atoms. The maximum atomic E-state index is 11.5. The first-order valence-electron chi connectivity index (χ1n) is 7.53. The van der Waals surface area contributed by atoms with Gasteiger partial charge in [-0.2, -0.15) is 0 Å². The summed E-state index contributed by atoms with van der Waals surface area (Å²) in [5.74, 6) is 1.30. The lowest BCUT2D eigenvalue weighted by Gasteiger charge is -2.30. The van der Waals surface area contributed by atoms with E-state index in [2.05, 4.69) is 5.32 Å². The lowest BCUT2D eigenvalue weighted by atomic mass is 9.86. The summed E-state index contributed by atoms with van der Waals surface area (Å²) in [6, 6.07) is 3.99. The van der Waals surface area contributed by atoms with Gasteiger partial charge >= 0.3 is 5.97 Å². The molecule has 0 unspecified atom stereocenters. The van der Waals surface area contributed by atoms with Crippen LogP contribution in [0.2, 0.25) is 0 Å². The average molecular weight is 295 g/mol. The van der Waals surface area contributed by atoms with Crippen molar-refractivity contribution in [1.82, 2.24) is 5.32 Å². The zero-order chi connectivity index (χ0) is 15.5. The largest absolute Gasteiger partial charge is 0.469 e. The summed E-state index contributed by atoms with van der Waals surface area (Å²) in [4.78, 5) is 11.5. The van der Waals surface area contributed by atoms with E-state index in [0.29, 0.717) is 18.3 Å². The van der Waals surface area contributed by atoms with E-state index in [1.54, 1.807) is 6.92 Å². The molecule has 2 rings (SSSR count). The summed E-state index contributed by atoms with van der Waals surface area (Å²) in [5, 5.41) is 13.9. The van der Waals surface area contributed by atoms with E-state index in [4.69, 9.17) is 9.15 Å². The number of methoxy groups -OCH3 is 1. The molecule has 1 saturated carbocycles. The molecule has 1 aromatic rings. The fraction of sp³-hybridized carbons (Fsp3) is 0.688. The van der Waals surface area contributed by atoms with Crippen molar-refractivity contribution in [3.63, 3.8) is 0 Å². The van der Waals surface area contributed by atoms with Crippen LogP contribution in [-0.4, -0.2) is 30.8 Å².